The van der Waals surface area contributed by atoms with Crippen molar-refractivity contribution in [2.24, 2.45) is 5.92 Å². The fourth-order valence-electron chi connectivity index (χ4n) is 2.13. The van der Waals surface area contributed by atoms with E-state index in [1.54, 1.807) is 7.11 Å². The molecule has 21 heavy (non-hydrogen) atoms. The molecule has 1 aromatic carbocycles. The van der Waals surface area contributed by atoms with E-state index in [1.165, 1.54) is 0 Å². The maximum absolute atomic E-state index is 11.8. The molecule has 2 N–H and O–H groups in total. The molecule has 1 rings (SSSR count). The van der Waals surface area contributed by atoms with E-state index in [1.807, 2.05) is 37.3 Å². The van der Waals surface area contributed by atoms with Crippen LogP contribution >= 0.6 is 0 Å². The average Bonchev–Trinajstić information content (AvgIpc) is 2.44. The van der Waals surface area contributed by atoms with Gasteiger partial charge in [-0.25, -0.2) is 4.79 Å². The van der Waals surface area contributed by atoms with Crippen LogP contribution in [0.4, 0.5) is 0 Å². The smallest absolute Gasteiger partial charge is 0.326 e. The van der Waals surface area contributed by atoms with Gasteiger partial charge in [-0.3, -0.25) is 4.79 Å². The lowest BCUT2D eigenvalue weighted by Crippen LogP contribution is -2.41. The van der Waals surface area contributed by atoms with E-state index < -0.39 is 12.0 Å². The van der Waals surface area contributed by atoms with Crippen molar-refractivity contribution in [2.75, 3.05) is 13.7 Å². The molecule has 0 saturated carbocycles. The molecule has 0 aliphatic carbocycles. The van der Waals surface area contributed by atoms with Gasteiger partial charge in [0, 0.05) is 20.1 Å². The summed E-state index contributed by atoms with van der Waals surface area (Å²) >= 11 is 0. The monoisotopic (exact) mass is 293 g/mol. The molecule has 0 radical (unpaired) electrons. The molecule has 0 heterocycles. The third-order valence-corrected chi connectivity index (χ3v) is 3.18. The SMILES string of the molecule is COCC(C)CC(=O)N[C@@H](CCc1ccccc1)C(=O)O. The largest absolute Gasteiger partial charge is 0.480 e. The molecule has 5 nitrogen and oxygen atoms in total. The Morgan fingerprint density at radius 3 is 2.52 bits per heavy atom. The second-order valence-corrected chi connectivity index (χ2v) is 5.25. The zero-order valence-corrected chi connectivity index (χ0v) is 12.5. The molecule has 0 bridgehead atoms. The van der Waals surface area contributed by atoms with Gasteiger partial charge >= 0.3 is 5.97 Å². The lowest BCUT2D eigenvalue weighted by Gasteiger charge is -2.16. The van der Waals surface area contributed by atoms with Crippen LogP contribution < -0.4 is 5.32 Å². The normalized spacial score (nSPS) is 13.4. The van der Waals surface area contributed by atoms with E-state index in [4.69, 9.17) is 4.74 Å². The minimum Gasteiger partial charge on any atom is -0.480 e. The minimum absolute atomic E-state index is 0.0681. The number of benzene rings is 1. The highest BCUT2D eigenvalue weighted by Crippen LogP contribution is 2.07. The fraction of sp³-hybridized carbons (Fsp3) is 0.500. The number of hydrogen-bond donors (Lipinski definition) is 2. The number of rotatable bonds is 9. The zero-order valence-electron chi connectivity index (χ0n) is 12.5. The van der Waals surface area contributed by atoms with E-state index >= 15 is 0 Å². The highest BCUT2D eigenvalue weighted by Gasteiger charge is 2.20. The Kier molecular flexibility index (Phi) is 7.46. The number of carboxylic acids is 1. The van der Waals surface area contributed by atoms with Crippen LogP contribution in [0.25, 0.3) is 0 Å². The van der Waals surface area contributed by atoms with E-state index in [2.05, 4.69) is 5.32 Å². The molecule has 0 aliphatic rings. The van der Waals surface area contributed by atoms with E-state index in [9.17, 15) is 14.7 Å². The summed E-state index contributed by atoms with van der Waals surface area (Å²) in [5.74, 6) is -1.18. The molecular formula is C16H23NO4. The number of amides is 1. The second kappa shape index (κ2) is 9.13. The topological polar surface area (TPSA) is 75.6 Å². The van der Waals surface area contributed by atoms with Crippen LogP contribution in [-0.2, 0) is 20.7 Å². The average molecular weight is 293 g/mol. The molecule has 0 saturated heterocycles. The van der Waals surface area contributed by atoms with Crippen molar-refractivity contribution < 1.29 is 19.4 Å². The first-order valence-electron chi connectivity index (χ1n) is 7.08. The lowest BCUT2D eigenvalue weighted by molar-refractivity contribution is -0.142. The number of hydrogen-bond acceptors (Lipinski definition) is 3. The second-order valence-electron chi connectivity index (χ2n) is 5.25. The summed E-state index contributed by atoms with van der Waals surface area (Å²) in [6.07, 6.45) is 1.26. The Bertz CT molecular complexity index is 447. The predicted octanol–water partition coefficient (Wildman–Crippen LogP) is 1.86. The van der Waals surface area contributed by atoms with E-state index in [-0.39, 0.29) is 18.2 Å². The molecule has 5 heteroatoms. The van der Waals surface area contributed by atoms with Gasteiger partial charge in [-0.1, -0.05) is 37.3 Å². The highest BCUT2D eigenvalue weighted by molar-refractivity contribution is 5.83. The van der Waals surface area contributed by atoms with Crippen molar-refractivity contribution in [3.05, 3.63) is 35.9 Å². The third-order valence-electron chi connectivity index (χ3n) is 3.18. The molecule has 1 aromatic rings. The molecule has 0 aromatic heterocycles. The zero-order chi connectivity index (χ0) is 15.7. The summed E-state index contributed by atoms with van der Waals surface area (Å²) in [4.78, 5) is 23.1. The van der Waals surface area contributed by atoms with Crippen LogP contribution in [0.5, 0.6) is 0 Å². The van der Waals surface area contributed by atoms with Gasteiger partial charge in [-0.05, 0) is 24.3 Å². The molecule has 0 aliphatic heterocycles. The van der Waals surface area contributed by atoms with Gasteiger partial charge < -0.3 is 15.2 Å². The van der Waals surface area contributed by atoms with E-state index in [0.29, 0.717) is 19.4 Å². The Morgan fingerprint density at radius 2 is 1.95 bits per heavy atom. The standard InChI is InChI=1S/C16H23NO4/c1-12(11-21-2)10-15(18)17-14(16(19)20)9-8-13-6-4-3-5-7-13/h3-7,12,14H,8-11H2,1-2H3,(H,17,18)(H,19,20)/t12?,14-/m0/s1. The first-order valence-corrected chi connectivity index (χ1v) is 7.08. The van der Waals surface area contributed by atoms with Crippen molar-refractivity contribution in [3.8, 4) is 0 Å². The van der Waals surface area contributed by atoms with Crippen molar-refractivity contribution in [3.63, 3.8) is 0 Å². The number of methoxy groups -OCH3 is 1. The molecule has 116 valence electrons. The first-order chi connectivity index (χ1) is 10.0. The molecule has 0 fully saturated rings. The van der Waals surface area contributed by atoms with Crippen molar-refractivity contribution in [1.29, 1.82) is 0 Å². The van der Waals surface area contributed by atoms with Crippen molar-refractivity contribution >= 4 is 11.9 Å². The van der Waals surface area contributed by atoms with Gasteiger partial charge in [0.1, 0.15) is 6.04 Å². The van der Waals surface area contributed by atoms with Crippen molar-refractivity contribution in [2.45, 2.75) is 32.2 Å². The van der Waals surface area contributed by atoms with Crippen LogP contribution in [0.1, 0.15) is 25.3 Å². The van der Waals surface area contributed by atoms with Crippen LogP contribution in [-0.4, -0.2) is 36.7 Å². The molecule has 1 unspecified atom stereocenters. The van der Waals surface area contributed by atoms with E-state index in [0.717, 1.165) is 5.56 Å². The number of ether oxygens (including phenoxy) is 1. The maximum atomic E-state index is 11.8. The Balaban J connectivity index is 2.46. The molecule has 0 spiro atoms. The molecule has 1 amide bonds. The molecular weight excluding hydrogens is 270 g/mol. The first kappa shape index (κ1) is 17.2. The van der Waals surface area contributed by atoms with Gasteiger partial charge in [-0.15, -0.1) is 0 Å². The number of carbonyl (C=O) groups excluding carboxylic acids is 1. The predicted molar refractivity (Wildman–Crippen MR) is 80.0 cm³/mol. The summed E-state index contributed by atoms with van der Waals surface area (Å²) in [5.41, 5.74) is 1.06. The lowest BCUT2D eigenvalue weighted by atomic mass is 10.0. The van der Waals surface area contributed by atoms with Crippen molar-refractivity contribution in [1.82, 2.24) is 5.32 Å². The summed E-state index contributed by atoms with van der Waals surface area (Å²) < 4.78 is 4.97. The summed E-state index contributed by atoms with van der Waals surface area (Å²) in [5, 5.41) is 11.8. The van der Waals surface area contributed by atoms with Gasteiger partial charge in [0.15, 0.2) is 0 Å². The number of carboxylic acid groups (broad SMARTS) is 1. The maximum Gasteiger partial charge on any atom is 0.326 e. The summed E-state index contributed by atoms with van der Waals surface area (Å²) in [6, 6.07) is 8.78. The van der Waals surface area contributed by atoms with Crippen LogP contribution in [0.15, 0.2) is 30.3 Å². The summed E-state index contributed by atoms with van der Waals surface area (Å²) in [7, 11) is 1.58. The van der Waals surface area contributed by atoms with Gasteiger partial charge in [0.2, 0.25) is 5.91 Å². The number of carbonyl (C=O) groups is 2. The highest BCUT2D eigenvalue weighted by atomic mass is 16.5. The Morgan fingerprint density at radius 1 is 1.29 bits per heavy atom. The van der Waals surface area contributed by atoms with Crippen LogP contribution in [0, 0.1) is 5.92 Å². The Labute approximate surface area is 125 Å². The number of aliphatic carboxylic acids is 1. The minimum atomic E-state index is -1.00. The Hall–Kier alpha value is -1.88. The number of aryl methyl sites for hydroxylation is 1. The van der Waals surface area contributed by atoms with Gasteiger partial charge in [0.05, 0.1) is 0 Å². The van der Waals surface area contributed by atoms with Gasteiger partial charge in [0.25, 0.3) is 0 Å². The third kappa shape index (κ3) is 6.90. The van der Waals surface area contributed by atoms with Gasteiger partial charge in [-0.2, -0.15) is 0 Å². The number of nitrogens with one attached hydrogen (secondary N) is 1. The van der Waals surface area contributed by atoms with Crippen LogP contribution in [0.2, 0.25) is 0 Å². The quantitative estimate of drug-likeness (QED) is 0.728. The molecule has 2 atom stereocenters. The van der Waals surface area contributed by atoms with Crippen LogP contribution in [0.3, 0.4) is 0 Å². The summed E-state index contributed by atoms with van der Waals surface area (Å²) in [6.45, 7) is 2.37. The fourth-order valence-corrected chi connectivity index (χ4v) is 2.13.